The number of nitrogens with zero attached hydrogens (tertiary/aromatic N) is 5. The maximum absolute atomic E-state index is 5.48. The average molecular weight is 260 g/mol. The average Bonchev–Trinajstić information content (AvgIpc) is 2.59. The van der Waals surface area contributed by atoms with Crippen molar-refractivity contribution in [2.75, 3.05) is 12.8 Å². The van der Waals surface area contributed by atoms with Gasteiger partial charge in [-0.15, -0.1) is 0 Å². The second kappa shape index (κ2) is 5.36. The number of aromatic nitrogens is 4. The Balaban J connectivity index is 2.05. The van der Waals surface area contributed by atoms with Crippen LogP contribution in [0.1, 0.15) is 22.5 Å². The molecule has 0 aromatic carbocycles. The van der Waals surface area contributed by atoms with Gasteiger partial charge in [0.2, 0.25) is 5.95 Å². The van der Waals surface area contributed by atoms with Crippen molar-refractivity contribution in [2.45, 2.75) is 26.9 Å². The van der Waals surface area contributed by atoms with E-state index in [4.69, 9.17) is 5.73 Å². The van der Waals surface area contributed by atoms with Crippen LogP contribution >= 0.6 is 0 Å². The van der Waals surface area contributed by atoms with Gasteiger partial charge in [0, 0.05) is 49.4 Å². The highest BCUT2D eigenvalue weighted by Gasteiger charge is 2.11. The van der Waals surface area contributed by atoms with E-state index in [2.05, 4.69) is 33.9 Å². The first-order valence-corrected chi connectivity index (χ1v) is 6.21. The Morgan fingerprint density at radius 2 is 1.84 bits per heavy atom. The van der Waals surface area contributed by atoms with E-state index in [1.165, 1.54) is 11.3 Å². The van der Waals surface area contributed by atoms with Crippen LogP contribution in [0.25, 0.3) is 0 Å². The van der Waals surface area contributed by atoms with Crippen LogP contribution in [0.15, 0.2) is 12.4 Å². The fourth-order valence-electron chi connectivity index (χ4n) is 2.13. The summed E-state index contributed by atoms with van der Waals surface area (Å²) in [6, 6.07) is 0. The zero-order valence-corrected chi connectivity index (χ0v) is 11.9. The standard InChI is InChI=1S/C13H20N6/c1-9-12(10(2)19(4)17-9)8-18(3)7-11-5-15-13(14)16-6-11/h5-6H,7-8H2,1-4H3,(H2,14,15,16). The number of aryl methyl sites for hydroxylation is 2. The number of hydrogen-bond acceptors (Lipinski definition) is 5. The Hall–Kier alpha value is -1.95. The van der Waals surface area contributed by atoms with Crippen LogP contribution in [-0.4, -0.2) is 31.7 Å². The predicted octanol–water partition coefficient (Wildman–Crippen LogP) is 1.04. The zero-order valence-electron chi connectivity index (χ0n) is 11.9. The molecule has 0 spiro atoms. The van der Waals surface area contributed by atoms with Crippen molar-refractivity contribution in [3.8, 4) is 0 Å². The van der Waals surface area contributed by atoms with Gasteiger partial charge in [-0.2, -0.15) is 5.10 Å². The fourth-order valence-corrected chi connectivity index (χ4v) is 2.13. The molecular weight excluding hydrogens is 240 g/mol. The minimum atomic E-state index is 0.311. The first-order valence-electron chi connectivity index (χ1n) is 6.21. The van der Waals surface area contributed by atoms with E-state index < -0.39 is 0 Å². The lowest BCUT2D eigenvalue weighted by Gasteiger charge is -2.16. The van der Waals surface area contributed by atoms with E-state index >= 15 is 0 Å². The van der Waals surface area contributed by atoms with Gasteiger partial charge in [-0.3, -0.25) is 9.58 Å². The Bertz CT molecular complexity index is 557. The quantitative estimate of drug-likeness (QED) is 0.889. The fraction of sp³-hybridized carbons (Fsp3) is 0.462. The molecule has 2 rings (SSSR count). The van der Waals surface area contributed by atoms with Crippen LogP contribution in [0.4, 0.5) is 5.95 Å². The number of nitrogens with two attached hydrogens (primary N) is 1. The molecule has 0 aliphatic heterocycles. The topological polar surface area (TPSA) is 72.9 Å². The second-order valence-corrected chi connectivity index (χ2v) is 4.89. The lowest BCUT2D eigenvalue weighted by molar-refractivity contribution is 0.317. The molecule has 0 atom stereocenters. The molecular formula is C13H20N6. The van der Waals surface area contributed by atoms with Crippen LogP contribution in [0.5, 0.6) is 0 Å². The number of nitrogen functional groups attached to an aromatic ring is 1. The van der Waals surface area contributed by atoms with Gasteiger partial charge in [-0.25, -0.2) is 9.97 Å². The summed E-state index contributed by atoms with van der Waals surface area (Å²) in [4.78, 5) is 10.2. The summed E-state index contributed by atoms with van der Waals surface area (Å²) in [5, 5.41) is 4.43. The third-order valence-corrected chi connectivity index (χ3v) is 3.26. The van der Waals surface area contributed by atoms with Gasteiger partial charge in [-0.1, -0.05) is 0 Å². The lowest BCUT2D eigenvalue weighted by atomic mass is 10.2. The SMILES string of the molecule is Cc1nn(C)c(C)c1CN(C)Cc1cnc(N)nc1. The maximum Gasteiger partial charge on any atom is 0.219 e. The van der Waals surface area contributed by atoms with Gasteiger partial charge in [-0.05, 0) is 20.9 Å². The molecule has 0 saturated carbocycles. The first-order chi connectivity index (χ1) is 8.97. The molecule has 0 bridgehead atoms. The van der Waals surface area contributed by atoms with Gasteiger partial charge in [0.15, 0.2) is 0 Å². The number of anilines is 1. The Morgan fingerprint density at radius 3 is 2.37 bits per heavy atom. The summed E-state index contributed by atoms with van der Waals surface area (Å²) in [5.74, 6) is 0.311. The second-order valence-electron chi connectivity index (χ2n) is 4.89. The molecule has 2 aromatic rings. The van der Waals surface area contributed by atoms with Gasteiger partial charge < -0.3 is 5.73 Å². The molecule has 6 heteroatoms. The van der Waals surface area contributed by atoms with E-state index in [0.717, 1.165) is 24.3 Å². The van der Waals surface area contributed by atoms with E-state index in [1.54, 1.807) is 12.4 Å². The molecule has 0 saturated heterocycles. The van der Waals surface area contributed by atoms with Crippen LogP contribution in [-0.2, 0) is 20.1 Å². The maximum atomic E-state index is 5.48. The van der Waals surface area contributed by atoms with Gasteiger partial charge >= 0.3 is 0 Å². The smallest absolute Gasteiger partial charge is 0.219 e. The molecule has 0 fully saturated rings. The Kier molecular flexibility index (Phi) is 3.80. The van der Waals surface area contributed by atoms with Crippen LogP contribution in [0.2, 0.25) is 0 Å². The molecule has 102 valence electrons. The van der Waals surface area contributed by atoms with E-state index in [9.17, 15) is 0 Å². The molecule has 0 aliphatic rings. The number of rotatable bonds is 4. The Morgan fingerprint density at radius 1 is 1.21 bits per heavy atom. The molecule has 6 nitrogen and oxygen atoms in total. The Labute approximate surface area is 113 Å². The number of hydrogen-bond donors (Lipinski definition) is 1. The predicted molar refractivity (Wildman–Crippen MR) is 74.3 cm³/mol. The summed E-state index contributed by atoms with van der Waals surface area (Å²) in [6.07, 6.45) is 3.53. The monoisotopic (exact) mass is 260 g/mol. The third-order valence-electron chi connectivity index (χ3n) is 3.26. The summed E-state index contributed by atoms with van der Waals surface area (Å²) < 4.78 is 1.92. The minimum Gasteiger partial charge on any atom is -0.368 e. The third kappa shape index (κ3) is 3.08. The zero-order chi connectivity index (χ0) is 14.0. The molecule has 19 heavy (non-hydrogen) atoms. The lowest BCUT2D eigenvalue weighted by Crippen LogP contribution is -2.18. The molecule has 0 unspecified atom stereocenters. The van der Waals surface area contributed by atoms with Crippen molar-refractivity contribution in [3.63, 3.8) is 0 Å². The molecule has 2 aromatic heterocycles. The summed E-state index contributed by atoms with van der Waals surface area (Å²) >= 11 is 0. The molecule has 2 heterocycles. The van der Waals surface area contributed by atoms with Crippen LogP contribution in [0, 0.1) is 13.8 Å². The largest absolute Gasteiger partial charge is 0.368 e. The van der Waals surface area contributed by atoms with Crippen LogP contribution in [0.3, 0.4) is 0 Å². The van der Waals surface area contributed by atoms with Crippen molar-refractivity contribution >= 4 is 5.95 Å². The van der Waals surface area contributed by atoms with Crippen molar-refractivity contribution in [1.82, 2.24) is 24.6 Å². The minimum absolute atomic E-state index is 0.311. The van der Waals surface area contributed by atoms with Crippen molar-refractivity contribution in [1.29, 1.82) is 0 Å². The normalized spacial score (nSPS) is 11.2. The summed E-state index contributed by atoms with van der Waals surface area (Å²) in [6.45, 7) is 5.78. The molecule has 0 amide bonds. The molecule has 0 radical (unpaired) electrons. The highest BCUT2D eigenvalue weighted by molar-refractivity contribution is 5.24. The molecule has 2 N–H and O–H groups in total. The van der Waals surface area contributed by atoms with Crippen molar-refractivity contribution in [2.24, 2.45) is 7.05 Å². The van der Waals surface area contributed by atoms with Gasteiger partial charge in [0.1, 0.15) is 0 Å². The van der Waals surface area contributed by atoms with E-state index in [0.29, 0.717) is 5.95 Å². The van der Waals surface area contributed by atoms with Crippen molar-refractivity contribution in [3.05, 3.63) is 34.9 Å². The van der Waals surface area contributed by atoms with Gasteiger partial charge in [0.25, 0.3) is 0 Å². The summed E-state index contributed by atoms with van der Waals surface area (Å²) in [7, 11) is 4.04. The highest BCUT2D eigenvalue weighted by atomic mass is 15.3. The highest BCUT2D eigenvalue weighted by Crippen LogP contribution is 2.15. The van der Waals surface area contributed by atoms with Crippen molar-refractivity contribution < 1.29 is 0 Å². The van der Waals surface area contributed by atoms with E-state index in [1.807, 2.05) is 18.7 Å². The van der Waals surface area contributed by atoms with Gasteiger partial charge in [0.05, 0.1) is 5.69 Å². The first kappa shape index (κ1) is 13.5. The summed E-state index contributed by atoms with van der Waals surface area (Å²) in [5.41, 5.74) is 10.1. The molecule has 0 aliphatic carbocycles. The van der Waals surface area contributed by atoms with Crippen LogP contribution < -0.4 is 5.73 Å². The van der Waals surface area contributed by atoms with E-state index in [-0.39, 0.29) is 0 Å².